The first-order valence-corrected chi connectivity index (χ1v) is 7.15. The Labute approximate surface area is 106 Å². The molecule has 0 saturated carbocycles. The number of aryl methyl sites for hydroxylation is 1. The molecule has 4 heteroatoms. The molecule has 0 N–H and O–H groups in total. The molecule has 0 aromatic carbocycles. The average molecular weight is 250 g/mol. The molecular formula is C13H18N2OS. The predicted molar refractivity (Wildman–Crippen MR) is 70.0 cm³/mol. The van der Waals surface area contributed by atoms with E-state index in [0.717, 1.165) is 36.8 Å². The lowest BCUT2D eigenvalue weighted by Crippen LogP contribution is -2.22. The Morgan fingerprint density at radius 1 is 1.35 bits per heavy atom. The lowest BCUT2D eigenvalue weighted by molar-refractivity contribution is 0.0968. The second-order valence-corrected chi connectivity index (χ2v) is 6.94. The molecular weight excluding hydrogens is 232 g/mol. The van der Waals surface area contributed by atoms with Crippen LogP contribution in [0.15, 0.2) is 0 Å². The maximum atomic E-state index is 11.8. The van der Waals surface area contributed by atoms with Gasteiger partial charge in [0.25, 0.3) is 0 Å². The molecule has 92 valence electrons. The molecule has 17 heavy (non-hydrogen) atoms. The third kappa shape index (κ3) is 1.99. The Bertz CT molecular complexity index is 464. The Hall–Kier alpha value is -0.900. The van der Waals surface area contributed by atoms with Crippen molar-refractivity contribution >= 4 is 22.3 Å². The van der Waals surface area contributed by atoms with Gasteiger partial charge in [-0.1, -0.05) is 13.8 Å². The largest absolute Gasteiger partial charge is 0.348 e. The van der Waals surface area contributed by atoms with Crippen LogP contribution in [0.25, 0.3) is 0 Å². The van der Waals surface area contributed by atoms with Gasteiger partial charge in [0.1, 0.15) is 5.69 Å². The van der Waals surface area contributed by atoms with Crippen molar-refractivity contribution in [2.75, 3.05) is 18.0 Å². The molecule has 3 rings (SSSR count). The van der Waals surface area contributed by atoms with Crippen LogP contribution < -0.4 is 4.90 Å². The number of thiazole rings is 1. The lowest BCUT2D eigenvalue weighted by Gasteiger charge is -2.18. The number of carbonyl (C=O) groups is 1. The number of aromatic nitrogens is 1. The number of Topliss-reactive ketones (excluding diaryl/α,β-unsaturated/α-hetero) is 1. The normalized spacial score (nSPS) is 22.9. The molecule has 0 spiro atoms. The molecule has 0 radical (unpaired) electrons. The zero-order valence-corrected chi connectivity index (χ0v) is 11.3. The predicted octanol–water partition coefficient (Wildman–Crippen LogP) is 2.90. The van der Waals surface area contributed by atoms with Crippen LogP contribution in [0, 0.1) is 5.41 Å². The van der Waals surface area contributed by atoms with Gasteiger partial charge in [0.2, 0.25) is 0 Å². The molecule has 3 nitrogen and oxygen atoms in total. The van der Waals surface area contributed by atoms with E-state index in [-0.39, 0.29) is 5.78 Å². The van der Waals surface area contributed by atoms with E-state index in [1.165, 1.54) is 11.3 Å². The van der Waals surface area contributed by atoms with Gasteiger partial charge >= 0.3 is 0 Å². The molecule has 1 fully saturated rings. The standard InChI is InChI=1S/C13H18N2OS/c1-13(2)6-7-15(8-13)12-14-11-9(16)4-3-5-10(11)17-12/h3-8H2,1-2H3. The molecule has 1 aliphatic carbocycles. The number of ketones is 1. The number of hydrogen-bond acceptors (Lipinski definition) is 4. The Morgan fingerprint density at radius 3 is 2.82 bits per heavy atom. The van der Waals surface area contributed by atoms with Gasteiger partial charge in [-0.2, -0.15) is 0 Å². The summed E-state index contributed by atoms with van der Waals surface area (Å²) in [5, 5.41) is 1.07. The maximum absolute atomic E-state index is 11.8. The number of hydrogen-bond donors (Lipinski definition) is 0. The minimum Gasteiger partial charge on any atom is -0.348 e. The van der Waals surface area contributed by atoms with Crippen LogP contribution in [-0.4, -0.2) is 23.9 Å². The Balaban J connectivity index is 1.88. The van der Waals surface area contributed by atoms with Crippen LogP contribution in [-0.2, 0) is 6.42 Å². The Morgan fingerprint density at radius 2 is 2.18 bits per heavy atom. The van der Waals surface area contributed by atoms with Gasteiger partial charge in [0.05, 0.1) is 0 Å². The summed E-state index contributed by atoms with van der Waals surface area (Å²) < 4.78 is 0. The molecule has 2 heterocycles. The van der Waals surface area contributed by atoms with E-state index in [1.54, 1.807) is 11.3 Å². The molecule has 1 aliphatic heterocycles. The summed E-state index contributed by atoms with van der Waals surface area (Å²) in [6, 6.07) is 0. The first kappa shape index (κ1) is 11.2. The van der Waals surface area contributed by atoms with Crippen molar-refractivity contribution in [1.82, 2.24) is 4.98 Å². The summed E-state index contributed by atoms with van der Waals surface area (Å²) in [5.41, 5.74) is 1.15. The van der Waals surface area contributed by atoms with Crippen molar-refractivity contribution in [3.63, 3.8) is 0 Å². The average Bonchev–Trinajstić information content (AvgIpc) is 2.82. The third-order valence-corrected chi connectivity index (χ3v) is 4.88. The molecule has 2 aliphatic rings. The van der Waals surface area contributed by atoms with E-state index in [2.05, 4.69) is 23.7 Å². The van der Waals surface area contributed by atoms with Gasteiger partial charge in [-0.05, 0) is 24.7 Å². The highest BCUT2D eigenvalue weighted by Gasteiger charge is 2.32. The van der Waals surface area contributed by atoms with Crippen LogP contribution >= 0.6 is 11.3 Å². The number of anilines is 1. The minimum absolute atomic E-state index is 0.243. The second kappa shape index (κ2) is 3.80. The van der Waals surface area contributed by atoms with Crippen molar-refractivity contribution in [3.05, 3.63) is 10.6 Å². The summed E-state index contributed by atoms with van der Waals surface area (Å²) >= 11 is 1.73. The summed E-state index contributed by atoms with van der Waals surface area (Å²) in [6.45, 7) is 6.73. The second-order valence-electron chi connectivity index (χ2n) is 5.88. The highest BCUT2D eigenvalue weighted by Crippen LogP contribution is 2.37. The fourth-order valence-corrected chi connectivity index (χ4v) is 3.81. The zero-order valence-electron chi connectivity index (χ0n) is 10.5. The topological polar surface area (TPSA) is 33.2 Å². The highest BCUT2D eigenvalue weighted by atomic mass is 32.1. The van der Waals surface area contributed by atoms with Gasteiger partial charge in [-0.3, -0.25) is 4.79 Å². The van der Waals surface area contributed by atoms with Gasteiger partial charge in [-0.15, -0.1) is 11.3 Å². The highest BCUT2D eigenvalue weighted by molar-refractivity contribution is 7.16. The molecule has 1 aromatic rings. The van der Waals surface area contributed by atoms with Crippen molar-refractivity contribution in [2.24, 2.45) is 5.41 Å². The fraction of sp³-hybridized carbons (Fsp3) is 0.692. The quantitative estimate of drug-likeness (QED) is 0.768. The first-order chi connectivity index (χ1) is 8.05. The molecule has 0 bridgehead atoms. The number of carbonyl (C=O) groups excluding carboxylic acids is 1. The van der Waals surface area contributed by atoms with Crippen LogP contribution in [0.3, 0.4) is 0 Å². The van der Waals surface area contributed by atoms with Crippen LogP contribution in [0.4, 0.5) is 5.13 Å². The molecule has 1 aromatic heterocycles. The summed E-state index contributed by atoms with van der Waals surface area (Å²) in [6.07, 6.45) is 3.93. The van der Waals surface area contributed by atoms with Crippen molar-refractivity contribution in [2.45, 2.75) is 39.5 Å². The van der Waals surface area contributed by atoms with E-state index in [0.29, 0.717) is 11.8 Å². The van der Waals surface area contributed by atoms with Crippen LogP contribution in [0.1, 0.15) is 48.5 Å². The number of nitrogens with zero attached hydrogens (tertiary/aromatic N) is 2. The van der Waals surface area contributed by atoms with Crippen molar-refractivity contribution < 1.29 is 4.79 Å². The maximum Gasteiger partial charge on any atom is 0.186 e. The monoisotopic (exact) mass is 250 g/mol. The first-order valence-electron chi connectivity index (χ1n) is 6.33. The molecule has 0 atom stereocenters. The van der Waals surface area contributed by atoms with E-state index < -0.39 is 0 Å². The number of fused-ring (bicyclic) bond motifs is 1. The van der Waals surface area contributed by atoms with Crippen molar-refractivity contribution in [3.8, 4) is 0 Å². The van der Waals surface area contributed by atoms with Crippen LogP contribution in [0.5, 0.6) is 0 Å². The molecule has 0 amide bonds. The van der Waals surface area contributed by atoms with Crippen LogP contribution in [0.2, 0.25) is 0 Å². The number of rotatable bonds is 1. The van der Waals surface area contributed by atoms with E-state index in [1.807, 2.05) is 0 Å². The minimum atomic E-state index is 0.243. The SMILES string of the molecule is CC1(C)CCN(c2nc3c(s2)CCCC3=O)C1. The van der Waals surface area contributed by atoms with Gasteiger partial charge < -0.3 is 4.90 Å². The summed E-state index contributed by atoms with van der Waals surface area (Å²) in [5.74, 6) is 0.243. The van der Waals surface area contributed by atoms with Gasteiger partial charge in [0, 0.05) is 24.4 Å². The van der Waals surface area contributed by atoms with Gasteiger partial charge in [-0.25, -0.2) is 4.98 Å². The lowest BCUT2D eigenvalue weighted by atomic mass is 9.93. The molecule has 1 saturated heterocycles. The summed E-state index contributed by atoms with van der Waals surface area (Å²) in [7, 11) is 0. The van der Waals surface area contributed by atoms with Gasteiger partial charge in [0.15, 0.2) is 10.9 Å². The smallest absolute Gasteiger partial charge is 0.186 e. The van der Waals surface area contributed by atoms with Crippen molar-refractivity contribution in [1.29, 1.82) is 0 Å². The zero-order chi connectivity index (χ0) is 12.0. The van der Waals surface area contributed by atoms with E-state index >= 15 is 0 Å². The van der Waals surface area contributed by atoms with E-state index in [4.69, 9.17) is 0 Å². The molecule has 0 unspecified atom stereocenters. The Kier molecular flexibility index (Phi) is 2.51. The third-order valence-electron chi connectivity index (χ3n) is 3.71. The van der Waals surface area contributed by atoms with E-state index in [9.17, 15) is 4.79 Å². The summed E-state index contributed by atoms with van der Waals surface area (Å²) in [4.78, 5) is 19.9. The fourth-order valence-electron chi connectivity index (χ4n) is 2.67.